The second-order valence-electron chi connectivity index (χ2n) is 5.08. The summed E-state index contributed by atoms with van der Waals surface area (Å²) in [5.74, 6) is 0. The highest BCUT2D eigenvalue weighted by atomic mass is 15.3. The van der Waals surface area contributed by atoms with Crippen molar-refractivity contribution >= 4 is 0 Å². The average Bonchev–Trinajstić information content (AvgIpc) is 3.10. The van der Waals surface area contributed by atoms with E-state index in [1.807, 2.05) is 29.1 Å². The van der Waals surface area contributed by atoms with E-state index in [2.05, 4.69) is 47.8 Å². The third-order valence-electron chi connectivity index (χ3n) is 3.62. The number of hydrogen-bond acceptors (Lipinski definition) is 2. The zero-order valence-electron chi connectivity index (χ0n) is 11.2. The van der Waals surface area contributed by atoms with Gasteiger partial charge in [-0.15, -0.1) is 0 Å². The Morgan fingerprint density at radius 3 is 2.68 bits per heavy atom. The van der Waals surface area contributed by atoms with Crippen LogP contribution in [0.5, 0.6) is 0 Å². The Labute approximate surface area is 114 Å². The van der Waals surface area contributed by atoms with Crippen LogP contribution in [0, 0.1) is 0 Å². The lowest BCUT2D eigenvalue weighted by Gasteiger charge is -2.17. The van der Waals surface area contributed by atoms with Crippen molar-refractivity contribution in [2.24, 2.45) is 0 Å². The zero-order chi connectivity index (χ0) is 13.1. The predicted octanol–water partition coefficient (Wildman–Crippen LogP) is 3.24. The number of aromatic nitrogens is 2. The highest BCUT2D eigenvalue weighted by Gasteiger charge is 2.15. The minimum atomic E-state index is 0.336. The smallest absolute Gasteiger partial charge is 0.0645 e. The van der Waals surface area contributed by atoms with Gasteiger partial charge in [-0.25, -0.2) is 4.68 Å². The molecule has 0 saturated heterocycles. The maximum Gasteiger partial charge on any atom is 0.0645 e. The summed E-state index contributed by atoms with van der Waals surface area (Å²) in [4.78, 5) is 0. The number of rotatable bonds is 4. The number of hydrogen-bond donors (Lipinski definition) is 1. The average molecular weight is 253 g/mol. The van der Waals surface area contributed by atoms with Gasteiger partial charge in [0.15, 0.2) is 0 Å². The van der Waals surface area contributed by atoms with Crippen molar-refractivity contribution in [1.29, 1.82) is 0 Å². The predicted molar refractivity (Wildman–Crippen MR) is 77.3 cm³/mol. The van der Waals surface area contributed by atoms with Crippen LogP contribution in [0.15, 0.2) is 54.9 Å². The molecule has 19 heavy (non-hydrogen) atoms. The number of nitrogens with zero attached hydrogens (tertiary/aromatic N) is 2. The van der Waals surface area contributed by atoms with E-state index in [4.69, 9.17) is 0 Å². The summed E-state index contributed by atoms with van der Waals surface area (Å²) >= 11 is 0. The van der Waals surface area contributed by atoms with Crippen LogP contribution in [-0.4, -0.2) is 15.8 Å². The summed E-state index contributed by atoms with van der Waals surface area (Å²) in [6.07, 6.45) is 10.8. The first-order chi connectivity index (χ1) is 9.33. The van der Waals surface area contributed by atoms with Crippen LogP contribution in [0.2, 0.25) is 0 Å². The topological polar surface area (TPSA) is 29.9 Å². The molecule has 1 aliphatic rings. The van der Waals surface area contributed by atoms with Crippen molar-refractivity contribution < 1.29 is 0 Å². The Morgan fingerprint density at radius 2 is 1.95 bits per heavy atom. The van der Waals surface area contributed by atoms with Crippen LogP contribution in [0.4, 0.5) is 0 Å². The van der Waals surface area contributed by atoms with Crippen LogP contribution in [0.3, 0.4) is 0 Å². The van der Waals surface area contributed by atoms with Gasteiger partial charge in [-0.05, 0) is 31.9 Å². The second kappa shape index (κ2) is 5.41. The normalized spacial score (nSPS) is 16.9. The molecule has 2 aromatic rings. The SMILES string of the molecule is CC(NC1CC=CC1)c1cnn(-c2ccccc2)c1. The third-order valence-corrected chi connectivity index (χ3v) is 3.62. The number of benzene rings is 1. The maximum atomic E-state index is 4.44. The first kappa shape index (κ1) is 12.2. The molecule has 0 saturated carbocycles. The van der Waals surface area contributed by atoms with Gasteiger partial charge in [0.1, 0.15) is 0 Å². The van der Waals surface area contributed by atoms with Crippen molar-refractivity contribution in [2.45, 2.75) is 31.8 Å². The van der Waals surface area contributed by atoms with E-state index in [1.54, 1.807) is 0 Å². The molecule has 0 bridgehead atoms. The van der Waals surface area contributed by atoms with Crippen molar-refractivity contribution in [2.75, 3.05) is 0 Å². The van der Waals surface area contributed by atoms with E-state index in [9.17, 15) is 0 Å². The van der Waals surface area contributed by atoms with E-state index < -0.39 is 0 Å². The summed E-state index contributed by atoms with van der Waals surface area (Å²) in [6, 6.07) is 11.1. The molecule has 1 aliphatic carbocycles. The molecule has 98 valence electrons. The van der Waals surface area contributed by atoms with Crippen molar-refractivity contribution in [3.63, 3.8) is 0 Å². The van der Waals surface area contributed by atoms with Crippen molar-refractivity contribution in [3.8, 4) is 5.69 Å². The molecule has 3 nitrogen and oxygen atoms in total. The van der Waals surface area contributed by atoms with Crippen LogP contribution in [0.25, 0.3) is 5.69 Å². The van der Waals surface area contributed by atoms with E-state index >= 15 is 0 Å². The van der Waals surface area contributed by atoms with Gasteiger partial charge in [0.25, 0.3) is 0 Å². The van der Waals surface area contributed by atoms with Crippen LogP contribution in [0.1, 0.15) is 31.4 Å². The molecule has 0 fully saturated rings. The lowest BCUT2D eigenvalue weighted by molar-refractivity contribution is 0.471. The first-order valence-electron chi connectivity index (χ1n) is 6.84. The molecule has 0 amide bonds. The number of para-hydroxylation sites is 1. The molecule has 1 aromatic heterocycles. The van der Waals surface area contributed by atoms with Crippen LogP contribution >= 0.6 is 0 Å². The molecule has 0 aliphatic heterocycles. The second-order valence-corrected chi connectivity index (χ2v) is 5.08. The maximum absolute atomic E-state index is 4.44. The molecule has 1 N–H and O–H groups in total. The third kappa shape index (κ3) is 2.76. The quantitative estimate of drug-likeness (QED) is 0.848. The lowest BCUT2D eigenvalue weighted by Crippen LogP contribution is -2.28. The molecule has 3 heteroatoms. The van der Waals surface area contributed by atoms with Gasteiger partial charge in [-0.3, -0.25) is 0 Å². The Morgan fingerprint density at radius 1 is 1.21 bits per heavy atom. The molecule has 1 aromatic carbocycles. The fourth-order valence-corrected chi connectivity index (χ4v) is 2.49. The molecule has 3 rings (SSSR count). The van der Waals surface area contributed by atoms with Crippen LogP contribution in [-0.2, 0) is 0 Å². The van der Waals surface area contributed by atoms with Gasteiger partial charge >= 0.3 is 0 Å². The Bertz CT molecular complexity index is 548. The summed E-state index contributed by atoms with van der Waals surface area (Å²) < 4.78 is 1.93. The first-order valence-corrected chi connectivity index (χ1v) is 6.84. The Hall–Kier alpha value is -1.87. The molecule has 1 unspecified atom stereocenters. The standard InChI is InChI=1S/C16H19N3/c1-13(18-15-7-5-6-8-15)14-11-17-19(12-14)16-9-3-2-4-10-16/h2-6,9-13,15,18H,7-8H2,1H3. The van der Waals surface area contributed by atoms with E-state index in [0.717, 1.165) is 18.5 Å². The zero-order valence-corrected chi connectivity index (χ0v) is 11.2. The van der Waals surface area contributed by atoms with Gasteiger partial charge in [0, 0.05) is 23.8 Å². The van der Waals surface area contributed by atoms with Gasteiger partial charge in [0.2, 0.25) is 0 Å². The molecule has 0 radical (unpaired) electrons. The highest BCUT2D eigenvalue weighted by Crippen LogP contribution is 2.18. The minimum absolute atomic E-state index is 0.336. The molecule has 0 spiro atoms. The van der Waals surface area contributed by atoms with Gasteiger partial charge in [0.05, 0.1) is 11.9 Å². The Balaban J connectivity index is 1.70. The summed E-state index contributed by atoms with van der Waals surface area (Å²) in [7, 11) is 0. The van der Waals surface area contributed by atoms with Crippen LogP contribution < -0.4 is 5.32 Å². The number of nitrogens with one attached hydrogen (secondary N) is 1. The molecule has 1 heterocycles. The minimum Gasteiger partial charge on any atom is -0.307 e. The van der Waals surface area contributed by atoms with Crippen molar-refractivity contribution in [3.05, 3.63) is 60.4 Å². The van der Waals surface area contributed by atoms with Gasteiger partial charge in [-0.2, -0.15) is 5.10 Å². The monoisotopic (exact) mass is 253 g/mol. The summed E-state index contributed by atoms with van der Waals surface area (Å²) in [5.41, 5.74) is 2.33. The van der Waals surface area contributed by atoms with E-state index in [1.165, 1.54) is 5.56 Å². The molecular weight excluding hydrogens is 234 g/mol. The lowest BCUT2D eigenvalue weighted by atomic mass is 10.1. The fourth-order valence-electron chi connectivity index (χ4n) is 2.49. The Kier molecular flexibility index (Phi) is 3.47. The highest BCUT2D eigenvalue weighted by molar-refractivity contribution is 5.31. The summed E-state index contributed by atoms with van der Waals surface area (Å²) in [5, 5.41) is 8.09. The van der Waals surface area contributed by atoms with Crippen molar-refractivity contribution in [1.82, 2.24) is 15.1 Å². The largest absolute Gasteiger partial charge is 0.307 e. The van der Waals surface area contributed by atoms with E-state index in [-0.39, 0.29) is 0 Å². The van der Waals surface area contributed by atoms with E-state index in [0.29, 0.717) is 12.1 Å². The molecular formula is C16H19N3. The fraction of sp³-hybridized carbons (Fsp3) is 0.312. The van der Waals surface area contributed by atoms with Gasteiger partial charge in [-0.1, -0.05) is 30.4 Å². The van der Waals surface area contributed by atoms with Gasteiger partial charge < -0.3 is 5.32 Å². The summed E-state index contributed by atoms with van der Waals surface area (Å²) in [6.45, 7) is 2.20. The molecule has 1 atom stereocenters.